The van der Waals surface area contributed by atoms with E-state index in [9.17, 15) is 22.8 Å². The molecule has 184 valence electrons. The predicted octanol–water partition coefficient (Wildman–Crippen LogP) is 2.92. The largest absolute Gasteiger partial charge is 0.497 e. The summed E-state index contributed by atoms with van der Waals surface area (Å²) in [5.41, 5.74) is -0.153. The number of hydrogen-bond acceptors (Lipinski definition) is 6. The smallest absolute Gasteiger partial charge is 0.416 e. The lowest BCUT2D eigenvalue weighted by molar-refractivity contribution is -0.137. The number of amides is 2. The standard InChI is InChI=1S/C23H27F3N4O4/c1-33-19-11-18(12-20(13-19)34-2)28-22(32)15-30-8-6-29(7-9-30)14-21(31)27-17-5-3-4-16(10-17)23(24,25)26/h3-5,10-13H,6-9,14-15H2,1-2H3,(H,27,31)(H,28,32). The van der Waals surface area contributed by atoms with Crippen molar-refractivity contribution >= 4 is 23.2 Å². The molecule has 0 unspecified atom stereocenters. The Labute approximate surface area is 195 Å². The first-order valence-electron chi connectivity index (χ1n) is 10.6. The number of rotatable bonds is 8. The quantitative estimate of drug-likeness (QED) is 0.605. The summed E-state index contributed by atoms with van der Waals surface area (Å²) >= 11 is 0. The van der Waals surface area contributed by atoms with Crippen molar-refractivity contribution in [1.29, 1.82) is 0 Å². The number of halogens is 3. The average molecular weight is 480 g/mol. The van der Waals surface area contributed by atoms with E-state index in [4.69, 9.17) is 9.47 Å². The van der Waals surface area contributed by atoms with Crippen molar-refractivity contribution in [3.05, 3.63) is 48.0 Å². The van der Waals surface area contributed by atoms with Gasteiger partial charge in [0.05, 0.1) is 32.9 Å². The SMILES string of the molecule is COc1cc(NC(=O)CN2CCN(CC(=O)Nc3cccc(C(F)(F)F)c3)CC2)cc(OC)c1. The summed E-state index contributed by atoms with van der Waals surface area (Å²) in [6.07, 6.45) is -4.47. The van der Waals surface area contributed by atoms with Crippen LogP contribution < -0.4 is 20.1 Å². The van der Waals surface area contributed by atoms with Crippen LogP contribution in [-0.4, -0.2) is 75.1 Å². The zero-order valence-electron chi connectivity index (χ0n) is 18.9. The molecule has 34 heavy (non-hydrogen) atoms. The highest BCUT2D eigenvalue weighted by molar-refractivity contribution is 5.93. The van der Waals surface area contributed by atoms with E-state index < -0.39 is 17.6 Å². The molecule has 3 rings (SSSR count). The predicted molar refractivity (Wildman–Crippen MR) is 121 cm³/mol. The number of hydrogen-bond donors (Lipinski definition) is 2. The second-order valence-electron chi connectivity index (χ2n) is 7.83. The van der Waals surface area contributed by atoms with Crippen molar-refractivity contribution in [3.63, 3.8) is 0 Å². The van der Waals surface area contributed by atoms with Crippen molar-refractivity contribution in [3.8, 4) is 11.5 Å². The Morgan fingerprint density at radius 1 is 0.824 bits per heavy atom. The van der Waals surface area contributed by atoms with E-state index in [1.807, 2.05) is 9.80 Å². The molecule has 1 aliphatic rings. The van der Waals surface area contributed by atoms with Gasteiger partial charge in [0, 0.05) is 55.8 Å². The molecule has 0 atom stereocenters. The monoisotopic (exact) mass is 480 g/mol. The van der Waals surface area contributed by atoms with E-state index in [1.165, 1.54) is 26.4 Å². The molecule has 8 nitrogen and oxygen atoms in total. The van der Waals surface area contributed by atoms with Crippen LogP contribution in [0.15, 0.2) is 42.5 Å². The van der Waals surface area contributed by atoms with Crippen LogP contribution in [0.3, 0.4) is 0 Å². The van der Waals surface area contributed by atoms with Crippen molar-refractivity contribution in [2.45, 2.75) is 6.18 Å². The summed E-state index contributed by atoms with van der Waals surface area (Å²) in [5.74, 6) is 0.543. The van der Waals surface area contributed by atoms with E-state index in [-0.39, 0.29) is 24.7 Å². The Morgan fingerprint density at radius 2 is 1.32 bits per heavy atom. The summed E-state index contributed by atoms with van der Waals surface area (Å²) < 4.78 is 48.9. The number of carbonyl (C=O) groups is 2. The summed E-state index contributed by atoms with van der Waals surface area (Å²) in [7, 11) is 3.06. The van der Waals surface area contributed by atoms with E-state index in [0.29, 0.717) is 43.4 Å². The second kappa shape index (κ2) is 11.2. The molecule has 2 amide bonds. The van der Waals surface area contributed by atoms with Gasteiger partial charge in [-0.2, -0.15) is 13.2 Å². The Bertz CT molecular complexity index is 986. The van der Waals surface area contributed by atoms with E-state index >= 15 is 0 Å². The first kappa shape index (κ1) is 25.3. The Balaban J connectivity index is 1.44. The van der Waals surface area contributed by atoms with Crippen LogP contribution in [0.2, 0.25) is 0 Å². The van der Waals surface area contributed by atoms with Crippen molar-refractivity contribution in [2.24, 2.45) is 0 Å². The van der Waals surface area contributed by atoms with Crippen LogP contribution in [0.1, 0.15) is 5.56 Å². The zero-order valence-corrected chi connectivity index (χ0v) is 18.9. The molecule has 1 saturated heterocycles. The molecule has 0 aliphatic carbocycles. The number of piperazine rings is 1. The van der Waals surface area contributed by atoms with Gasteiger partial charge in [-0.25, -0.2) is 0 Å². The maximum Gasteiger partial charge on any atom is 0.416 e. The molecule has 2 aromatic carbocycles. The summed E-state index contributed by atoms with van der Waals surface area (Å²) in [6.45, 7) is 2.49. The second-order valence-corrected chi connectivity index (χ2v) is 7.83. The van der Waals surface area contributed by atoms with Gasteiger partial charge in [0.15, 0.2) is 0 Å². The van der Waals surface area contributed by atoms with Crippen LogP contribution >= 0.6 is 0 Å². The minimum absolute atomic E-state index is 0.0554. The fourth-order valence-corrected chi connectivity index (χ4v) is 3.57. The molecule has 1 heterocycles. The number of methoxy groups -OCH3 is 2. The normalized spacial score (nSPS) is 15.0. The van der Waals surface area contributed by atoms with Crippen molar-refractivity contribution in [1.82, 2.24) is 9.80 Å². The number of alkyl halides is 3. The Morgan fingerprint density at radius 3 is 1.79 bits per heavy atom. The maximum absolute atomic E-state index is 12.8. The van der Waals surface area contributed by atoms with Gasteiger partial charge < -0.3 is 20.1 Å². The molecule has 2 N–H and O–H groups in total. The molecular weight excluding hydrogens is 453 g/mol. The third-order valence-corrected chi connectivity index (χ3v) is 5.31. The van der Waals surface area contributed by atoms with E-state index in [2.05, 4.69) is 10.6 Å². The lowest BCUT2D eigenvalue weighted by Crippen LogP contribution is -2.50. The summed E-state index contributed by atoms with van der Waals surface area (Å²) in [6, 6.07) is 9.63. The van der Waals surface area contributed by atoms with Gasteiger partial charge in [0.2, 0.25) is 11.8 Å². The van der Waals surface area contributed by atoms with Gasteiger partial charge in [-0.3, -0.25) is 19.4 Å². The van der Waals surface area contributed by atoms with Gasteiger partial charge in [-0.05, 0) is 18.2 Å². The number of nitrogens with one attached hydrogen (secondary N) is 2. The molecule has 1 fully saturated rings. The van der Waals surface area contributed by atoms with Gasteiger partial charge in [-0.1, -0.05) is 6.07 Å². The van der Waals surface area contributed by atoms with Gasteiger partial charge in [0.1, 0.15) is 11.5 Å². The maximum atomic E-state index is 12.8. The topological polar surface area (TPSA) is 83.1 Å². The van der Waals surface area contributed by atoms with Gasteiger partial charge in [-0.15, -0.1) is 0 Å². The highest BCUT2D eigenvalue weighted by Gasteiger charge is 2.30. The molecular formula is C23H27F3N4O4. The number of ether oxygens (including phenoxy) is 2. The third-order valence-electron chi connectivity index (χ3n) is 5.31. The Kier molecular flexibility index (Phi) is 8.35. The molecule has 0 bridgehead atoms. The highest BCUT2D eigenvalue weighted by Crippen LogP contribution is 2.30. The fraction of sp³-hybridized carbons (Fsp3) is 0.391. The Hall–Kier alpha value is -3.31. The lowest BCUT2D eigenvalue weighted by atomic mass is 10.2. The molecule has 11 heteroatoms. The summed E-state index contributed by atoms with van der Waals surface area (Å²) in [4.78, 5) is 28.6. The van der Waals surface area contributed by atoms with Crippen molar-refractivity contribution < 1.29 is 32.2 Å². The number of benzene rings is 2. The molecule has 0 aromatic heterocycles. The minimum Gasteiger partial charge on any atom is -0.497 e. The molecule has 0 radical (unpaired) electrons. The van der Waals surface area contributed by atoms with Crippen LogP contribution in [0.4, 0.5) is 24.5 Å². The molecule has 0 saturated carbocycles. The van der Waals surface area contributed by atoms with Crippen LogP contribution in [0, 0.1) is 0 Å². The lowest BCUT2D eigenvalue weighted by Gasteiger charge is -2.33. The number of anilines is 2. The van der Waals surface area contributed by atoms with Gasteiger partial charge >= 0.3 is 6.18 Å². The highest BCUT2D eigenvalue weighted by atomic mass is 19.4. The first-order valence-corrected chi connectivity index (χ1v) is 10.6. The van der Waals surface area contributed by atoms with E-state index in [0.717, 1.165) is 12.1 Å². The van der Waals surface area contributed by atoms with Crippen LogP contribution in [0.25, 0.3) is 0 Å². The average Bonchev–Trinajstić information content (AvgIpc) is 2.79. The first-order chi connectivity index (χ1) is 16.2. The fourth-order valence-electron chi connectivity index (χ4n) is 3.57. The summed E-state index contributed by atoms with van der Waals surface area (Å²) in [5, 5.41) is 5.34. The molecule has 1 aliphatic heterocycles. The molecule has 0 spiro atoms. The third kappa shape index (κ3) is 7.35. The van der Waals surface area contributed by atoms with Crippen LogP contribution in [-0.2, 0) is 15.8 Å². The van der Waals surface area contributed by atoms with Crippen molar-refractivity contribution in [2.75, 3.05) is 64.1 Å². The van der Waals surface area contributed by atoms with E-state index in [1.54, 1.807) is 18.2 Å². The zero-order chi connectivity index (χ0) is 24.7. The number of nitrogens with zero attached hydrogens (tertiary/aromatic N) is 2. The van der Waals surface area contributed by atoms with Crippen LogP contribution in [0.5, 0.6) is 11.5 Å². The minimum atomic E-state index is -4.47. The number of carbonyl (C=O) groups excluding carboxylic acids is 2. The molecule has 2 aromatic rings. The van der Waals surface area contributed by atoms with Gasteiger partial charge in [0.25, 0.3) is 0 Å².